The summed E-state index contributed by atoms with van der Waals surface area (Å²) in [5, 5.41) is 22.5. The Morgan fingerprint density at radius 3 is 2.18 bits per heavy atom. The average molecular weight is 542 g/mol. The van der Waals surface area contributed by atoms with Crippen LogP contribution in [0.2, 0.25) is 5.02 Å². The van der Waals surface area contributed by atoms with Crippen LogP contribution in [-0.2, 0) is 4.74 Å². The van der Waals surface area contributed by atoms with Crippen molar-refractivity contribution in [3.05, 3.63) is 101 Å². The van der Waals surface area contributed by atoms with Crippen molar-refractivity contribution in [2.45, 2.75) is 13.1 Å². The van der Waals surface area contributed by atoms with Crippen molar-refractivity contribution in [3.8, 4) is 0 Å². The van der Waals surface area contributed by atoms with Crippen LogP contribution in [0, 0.1) is 10.8 Å². The molecule has 0 amide bonds. The number of rotatable bonds is 10. The monoisotopic (exact) mass is 541 g/mol. The molecule has 0 bridgehead atoms. The molecule has 3 rings (SSSR count). The Morgan fingerprint density at radius 2 is 1.58 bits per heavy atom. The van der Waals surface area contributed by atoms with Gasteiger partial charge in [0.25, 0.3) is 0 Å². The fourth-order valence-corrected chi connectivity index (χ4v) is 3.18. The molecule has 0 spiro atoms. The number of benzene rings is 3. The fourth-order valence-electron chi connectivity index (χ4n) is 3.00. The molecule has 11 heteroatoms. The molecular formula is C27H23ClF3N5O2. The number of nitrogens with zero attached hydrogens (tertiary/aromatic N) is 1. The van der Waals surface area contributed by atoms with E-state index in [9.17, 15) is 18.0 Å². The number of esters is 1. The number of hydrogen-bond acceptors (Lipinski definition) is 7. The minimum absolute atomic E-state index is 0.0406. The first kappa shape index (κ1) is 28.1. The Balaban J connectivity index is 1.76. The molecular weight excluding hydrogens is 519 g/mol. The van der Waals surface area contributed by atoms with Gasteiger partial charge >= 0.3 is 12.1 Å². The topological polar surface area (TPSA) is 110 Å². The smallest absolute Gasteiger partial charge is 0.432 e. The van der Waals surface area contributed by atoms with E-state index >= 15 is 0 Å². The zero-order valence-corrected chi connectivity index (χ0v) is 20.8. The number of halogens is 4. The van der Waals surface area contributed by atoms with Gasteiger partial charge in [-0.25, -0.2) is 4.79 Å². The molecule has 0 saturated carbocycles. The lowest BCUT2D eigenvalue weighted by Gasteiger charge is -2.15. The highest BCUT2D eigenvalue weighted by Gasteiger charge is 2.33. The van der Waals surface area contributed by atoms with Crippen molar-refractivity contribution >= 4 is 51.8 Å². The molecule has 3 aromatic rings. The largest absolute Gasteiger partial charge is 0.455 e. The molecule has 0 unspecified atom stereocenters. The number of allylic oxidation sites excluding steroid dienone is 1. The molecule has 0 radical (unpaired) electrons. The molecule has 0 fully saturated rings. The molecule has 196 valence electrons. The zero-order valence-electron chi connectivity index (χ0n) is 20.1. The van der Waals surface area contributed by atoms with Crippen LogP contribution < -0.4 is 10.7 Å². The van der Waals surface area contributed by atoms with Gasteiger partial charge in [0.15, 0.2) is 0 Å². The van der Waals surface area contributed by atoms with Crippen molar-refractivity contribution in [2.75, 3.05) is 17.3 Å². The van der Waals surface area contributed by atoms with Crippen LogP contribution in [0.5, 0.6) is 0 Å². The molecule has 0 aromatic heterocycles. The lowest BCUT2D eigenvalue weighted by atomic mass is 10.1. The summed E-state index contributed by atoms with van der Waals surface area (Å²) in [5.74, 6) is -0.710. The highest BCUT2D eigenvalue weighted by molar-refractivity contribution is 6.41. The van der Waals surface area contributed by atoms with E-state index in [4.69, 9.17) is 27.2 Å². The standard InChI is InChI=1S/C27H23ClF3N5O2/c1-17(32)24(36-35-20-7-3-2-4-8-20)16-38-26(37)19-13-11-18(12-14-19)23(15-25(33)27(29,30)31)34-22-10-6-5-9-21(22)28/h2-15,32-35H,16H2,1H3/b23-15-,32-17?,33-25?,36-24-. The fraction of sp³-hybridized carbons (Fsp3) is 0.111. The molecule has 0 aliphatic rings. The van der Waals surface area contributed by atoms with Crippen LogP contribution in [0.1, 0.15) is 22.8 Å². The summed E-state index contributed by atoms with van der Waals surface area (Å²) in [7, 11) is 0. The van der Waals surface area contributed by atoms with Crippen LogP contribution in [0.15, 0.2) is 90.0 Å². The minimum Gasteiger partial charge on any atom is -0.455 e. The van der Waals surface area contributed by atoms with Gasteiger partial charge in [0.2, 0.25) is 0 Å². The van der Waals surface area contributed by atoms with Gasteiger partial charge in [-0.15, -0.1) is 0 Å². The lowest BCUT2D eigenvalue weighted by molar-refractivity contribution is -0.0583. The van der Waals surface area contributed by atoms with Crippen molar-refractivity contribution in [1.29, 1.82) is 10.8 Å². The second-order valence-corrected chi connectivity index (χ2v) is 8.30. The third-order valence-electron chi connectivity index (χ3n) is 5.04. The number of hydrogen-bond donors (Lipinski definition) is 4. The van der Waals surface area contributed by atoms with Crippen LogP contribution in [0.4, 0.5) is 24.5 Å². The van der Waals surface area contributed by atoms with E-state index < -0.39 is 17.9 Å². The summed E-state index contributed by atoms with van der Waals surface area (Å²) in [4.78, 5) is 12.6. The number of ether oxygens (including phenoxy) is 1. The summed E-state index contributed by atoms with van der Waals surface area (Å²) >= 11 is 6.13. The summed E-state index contributed by atoms with van der Waals surface area (Å²) in [6.45, 7) is 1.24. The Bertz CT molecular complexity index is 1370. The summed E-state index contributed by atoms with van der Waals surface area (Å²) < 4.78 is 44.5. The first-order chi connectivity index (χ1) is 18.0. The van der Waals surface area contributed by atoms with Gasteiger partial charge in [-0.1, -0.05) is 54.1 Å². The Morgan fingerprint density at radius 1 is 0.974 bits per heavy atom. The number of carbonyl (C=O) groups is 1. The van der Waals surface area contributed by atoms with E-state index in [-0.39, 0.29) is 39.9 Å². The summed E-state index contributed by atoms with van der Waals surface area (Å²) in [6, 6.07) is 21.1. The molecule has 4 N–H and O–H groups in total. The van der Waals surface area contributed by atoms with Gasteiger partial charge in [0.1, 0.15) is 18.0 Å². The van der Waals surface area contributed by atoms with E-state index in [0.29, 0.717) is 17.5 Å². The maximum atomic E-state index is 13.1. The van der Waals surface area contributed by atoms with Gasteiger partial charge in [0.05, 0.1) is 27.7 Å². The quantitative estimate of drug-likeness (QED) is 0.125. The van der Waals surface area contributed by atoms with Gasteiger partial charge < -0.3 is 15.5 Å². The molecule has 0 atom stereocenters. The van der Waals surface area contributed by atoms with Crippen molar-refractivity contribution < 1.29 is 22.7 Å². The molecule has 7 nitrogen and oxygen atoms in total. The maximum Gasteiger partial charge on any atom is 0.432 e. The normalized spacial score (nSPS) is 12.0. The lowest BCUT2D eigenvalue weighted by Crippen LogP contribution is -2.21. The predicted molar refractivity (Wildman–Crippen MR) is 144 cm³/mol. The van der Waals surface area contributed by atoms with Crippen molar-refractivity contribution in [3.63, 3.8) is 0 Å². The first-order valence-corrected chi connectivity index (χ1v) is 11.5. The highest BCUT2D eigenvalue weighted by atomic mass is 35.5. The average Bonchev–Trinajstić information content (AvgIpc) is 2.89. The number of carbonyl (C=O) groups excluding carboxylic acids is 1. The van der Waals surface area contributed by atoms with Gasteiger partial charge in [-0.05, 0) is 55.0 Å². The number of nitrogens with one attached hydrogen (secondary N) is 4. The number of hydrazone groups is 1. The second kappa shape index (κ2) is 12.7. The van der Waals surface area contributed by atoms with Crippen molar-refractivity contribution in [2.24, 2.45) is 5.10 Å². The molecule has 0 aliphatic carbocycles. The van der Waals surface area contributed by atoms with Crippen molar-refractivity contribution in [1.82, 2.24) is 0 Å². The predicted octanol–water partition coefficient (Wildman–Crippen LogP) is 7.04. The Hall–Kier alpha value is -4.44. The number of para-hydroxylation sites is 2. The SMILES string of the molecule is CC(=N)/C(COC(=O)c1ccc(/C(=C/C(=N)C(F)(F)F)Nc2ccccc2Cl)cc1)=N\Nc1ccccc1. The van der Waals surface area contributed by atoms with Crippen LogP contribution in [0.25, 0.3) is 5.70 Å². The van der Waals surface area contributed by atoms with E-state index in [1.54, 1.807) is 36.4 Å². The third kappa shape index (κ3) is 8.04. The molecule has 0 aliphatic heterocycles. The van der Waals surface area contributed by atoms with E-state index in [1.165, 1.54) is 31.2 Å². The second-order valence-electron chi connectivity index (χ2n) is 7.89. The third-order valence-corrected chi connectivity index (χ3v) is 5.37. The number of alkyl halides is 3. The van der Waals surface area contributed by atoms with Crippen LogP contribution >= 0.6 is 11.6 Å². The molecule has 3 aromatic carbocycles. The van der Waals surface area contributed by atoms with E-state index in [2.05, 4.69) is 15.8 Å². The van der Waals surface area contributed by atoms with Gasteiger partial charge in [-0.3, -0.25) is 10.8 Å². The summed E-state index contributed by atoms with van der Waals surface area (Å²) in [6.07, 6.45) is -4.20. The molecule has 0 heterocycles. The van der Waals surface area contributed by atoms with E-state index in [1.807, 2.05) is 18.2 Å². The van der Waals surface area contributed by atoms with Crippen LogP contribution in [0.3, 0.4) is 0 Å². The Kier molecular flexibility index (Phi) is 9.39. The summed E-state index contributed by atoms with van der Waals surface area (Å²) in [5.41, 5.74) is 2.95. The van der Waals surface area contributed by atoms with Gasteiger partial charge in [-0.2, -0.15) is 18.3 Å². The van der Waals surface area contributed by atoms with Crippen LogP contribution in [-0.4, -0.2) is 35.9 Å². The molecule has 0 saturated heterocycles. The zero-order chi connectivity index (χ0) is 27.7. The Labute approximate surface area is 222 Å². The van der Waals surface area contributed by atoms with E-state index in [0.717, 1.165) is 0 Å². The minimum atomic E-state index is -4.85. The molecule has 38 heavy (non-hydrogen) atoms. The first-order valence-electron chi connectivity index (χ1n) is 11.1. The van der Waals surface area contributed by atoms with Gasteiger partial charge in [0, 0.05) is 5.70 Å². The number of anilines is 2. The maximum absolute atomic E-state index is 13.1. The highest BCUT2D eigenvalue weighted by Crippen LogP contribution is 2.27.